The molecule has 0 spiro atoms. The minimum absolute atomic E-state index is 0.187. The number of carbonyl (C=O) groups excluding carboxylic acids is 3. The number of Topliss-reactive ketones (excluding diaryl/α,β-unsaturated/α-hetero) is 3. The molecule has 5 heteroatoms. The van der Waals surface area contributed by atoms with Gasteiger partial charge in [0.05, 0.1) is 12.8 Å². The topological polar surface area (TPSA) is 88.5 Å². The summed E-state index contributed by atoms with van der Waals surface area (Å²) < 4.78 is 0. The van der Waals surface area contributed by atoms with Gasteiger partial charge in [-0.25, -0.2) is 4.79 Å². The number of aliphatic carboxylic acids is 1. The van der Waals surface area contributed by atoms with Crippen molar-refractivity contribution in [2.75, 3.05) is 0 Å². The first-order valence-corrected chi connectivity index (χ1v) is 14.5. The van der Waals surface area contributed by atoms with Crippen LogP contribution < -0.4 is 0 Å². The van der Waals surface area contributed by atoms with Gasteiger partial charge in [0.25, 0.3) is 0 Å². The number of carbonyl (C=O) groups is 4. The van der Waals surface area contributed by atoms with Gasteiger partial charge in [0.15, 0.2) is 0 Å². The average Bonchev–Trinajstić information content (AvgIpc) is 2.80. The van der Waals surface area contributed by atoms with Crippen molar-refractivity contribution in [3.05, 3.63) is 12.2 Å². The van der Waals surface area contributed by atoms with Gasteiger partial charge in [-0.1, -0.05) is 105 Å². The molecule has 36 heavy (non-hydrogen) atoms. The fourth-order valence-electron chi connectivity index (χ4n) is 5.23. The highest BCUT2D eigenvalue weighted by Crippen LogP contribution is 2.44. The summed E-state index contributed by atoms with van der Waals surface area (Å²) in [5.74, 6) is -3.00. The second kappa shape index (κ2) is 20.3. The monoisotopic (exact) mass is 506 g/mol. The molecule has 0 amide bonds. The van der Waals surface area contributed by atoms with Crippen LogP contribution in [0, 0.1) is 17.3 Å². The van der Waals surface area contributed by atoms with Crippen molar-refractivity contribution in [1.29, 1.82) is 0 Å². The summed E-state index contributed by atoms with van der Waals surface area (Å²) in [5, 5.41) is 8.67. The molecule has 0 unspecified atom stereocenters. The lowest BCUT2D eigenvalue weighted by molar-refractivity contribution is -0.150. The second-order valence-corrected chi connectivity index (χ2v) is 11.2. The lowest BCUT2D eigenvalue weighted by Gasteiger charge is -2.41. The Balaban J connectivity index is 4.32. The molecule has 0 atom stereocenters. The van der Waals surface area contributed by atoms with Crippen LogP contribution in [0.2, 0.25) is 0 Å². The van der Waals surface area contributed by atoms with E-state index in [0.717, 1.165) is 25.7 Å². The molecule has 0 aliphatic rings. The van der Waals surface area contributed by atoms with Crippen LogP contribution in [0.15, 0.2) is 12.2 Å². The molecule has 0 saturated carbocycles. The molecule has 0 aromatic rings. The van der Waals surface area contributed by atoms with Crippen molar-refractivity contribution in [2.45, 2.75) is 144 Å². The highest BCUT2D eigenvalue weighted by atomic mass is 16.4. The summed E-state index contributed by atoms with van der Waals surface area (Å²) in [4.78, 5) is 46.6. The van der Waals surface area contributed by atoms with Crippen molar-refractivity contribution in [3.8, 4) is 0 Å². The third kappa shape index (κ3) is 15.4. The van der Waals surface area contributed by atoms with Crippen molar-refractivity contribution in [2.24, 2.45) is 17.3 Å². The summed E-state index contributed by atoms with van der Waals surface area (Å²) in [6.07, 6.45) is 21.2. The molecule has 0 bridgehead atoms. The van der Waals surface area contributed by atoms with Crippen LogP contribution in [-0.4, -0.2) is 28.4 Å². The Kier molecular flexibility index (Phi) is 19.3. The number of unbranched alkanes of at least 4 members (excludes halogenated alkanes) is 11. The Morgan fingerprint density at radius 1 is 0.667 bits per heavy atom. The molecule has 0 aliphatic carbocycles. The summed E-state index contributed by atoms with van der Waals surface area (Å²) in [7, 11) is 0. The maximum absolute atomic E-state index is 12.7. The van der Waals surface area contributed by atoms with Crippen molar-refractivity contribution in [3.63, 3.8) is 0 Å². The predicted molar refractivity (Wildman–Crippen MR) is 148 cm³/mol. The SMILES string of the molecule is CCCCCCCC/C=C\CCCCCCCC(CC(=O)CC(=O)CC(=O)C(=O)O)(C(C)C)C(C)C. The largest absolute Gasteiger partial charge is 0.475 e. The minimum Gasteiger partial charge on any atom is -0.475 e. The smallest absolute Gasteiger partial charge is 0.372 e. The van der Waals surface area contributed by atoms with E-state index in [1.54, 1.807) is 0 Å². The first-order valence-electron chi connectivity index (χ1n) is 14.5. The standard InChI is InChI=1S/C31H54O5/c1-6-7-8-9-10-11-12-13-14-15-16-17-18-19-20-21-31(25(2)3,26(4)5)24-28(33)22-27(32)23-29(34)30(35)36/h13-14,25-26H,6-12,15-24H2,1-5H3,(H,35,36)/b14-13-. The molecular weight excluding hydrogens is 452 g/mol. The molecule has 0 saturated heterocycles. The van der Waals surface area contributed by atoms with E-state index in [0.29, 0.717) is 6.42 Å². The van der Waals surface area contributed by atoms with E-state index in [1.165, 1.54) is 64.2 Å². The number of allylic oxidation sites excluding steroid dienone is 2. The summed E-state index contributed by atoms with van der Waals surface area (Å²) in [5.41, 5.74) is -0.187. The van der Waals surface area contributed by atoms with Crippen LogP contribution in [0.4, 0.5) is 0 Å². The van der Waals surface area contributed by atoms with Crippen LogP contribution in [0.1, 0.15) is 144 Å². The van der Waals surface area contributed by atoms with E-state index in [9.17, 15) is 19.2 Å². The average molecular weight is 507 g/mol. The maximum atomic E-state index is 12.7. The zero-order chi connectivity index (χ0) is 27.4. The molecule has 208 valence electrons. The first kappa shape index (κ1) is 34.2. The lowest BCUT2D eigenvalue weighted by atomic mass is 9.63. The number of ketones is 3. The fourth-order valence-corrected chi connectivity index (χ4v) is 5.23. The van der Waals surface area contributed by atoms with Gasteiger partial charge in [0.2, 0.25) is 5.78 Å². The van der Waals surface area contributed by atoms with E-state index in [-0.39, 0.29) is 29.5 Å². The molecule has 0 rings (SSSR count). The molecule has 1 N–H and O–H groups in total. The van der Waals surface area contributed by atoms with Gasteiger partial charge in [-0.15, -0.1) is 0 Å². The van der Waals surface area contributed by atoms with Crippen LogP contribution in [0.25, 0.3) is 0 Å². The molecule has 0 fully saturated rings. The first-order chi connectivity index (χ1) is 17.1. The molecule has 0 aromatic heterocycles. The quantitative estimate of drug-likeness (QED) is 0.0615. The van der Waals surface area contributed by atoms with Crippen LogP contribution in [0.3, 0.4) is 0 Å². The van der Waals surface area contributed by atoms with Gasteiger partial charge in [-0.3, -0.25) is 14.4 Å². The fraction of sp³-hybridized carbons (Fsp3) is 0.806. The van der Waals surface area contributed by atoms with Crippen LogP contribution >= 0.6 is 0 Å². The zero-order valence-electron chi connectivity index (χ0n) is 23.9. The number of hydrogen-bond acceptors (Lipinski definition) is 4. The van der Waals surface area contributed by atoms with Crippen molar-refractivity contribution >= 4 is 23.3 Å². The predicted octanol–water partition coefficient (Wildman–Crippen LogP) is 8.28. The molecular formula is C31H54O5. The zero-order valence-corrected chi connectivity index (χ0v) is 23.9. The Bertz CT molecular complexity index is 666. The van der Waals surface area contributed by atoms with Gasteiger partial charge in [-0.05, 0) is 49.4 Å². The van der Waals surface area contributed by atoms with E-state index in [4.69, 9.17) is 5.11 Å². The summed E-state index contributed by atoms with van der Waals surface area (Å²) in [6, 6.07) is 0. The van der Waals surface area contributed by atoms with Crippen LogP contribution in [-0.2, 0) is 19.2 Å². The number of carboxylic acid groups (broad SMARTS) is 1. The molecule has 0 heterocycles. The molecule has 5 nitrogen and oxygen atoms in total. The third-order valence-corrected chi connectivity index (χ3v) is 7.72. The number of hydrogen-bond donors (Lipinski definition) is 1. The lowest BCUT2D eigenvalue weighted by Crippen LogP contribution is -2.36. The van der Waals surface area contributed by atoms with Gasteiger partial charge >= 0.3 is 5.97 Å². The van der Waals surface area contributed by atoms with E-state index < -0.39 is 24.0 Å². The number of rotatable bonds is 24. The van der Waals surface area contributed by atoms with Crippen LogP contribution in [0.5, 0.6) is 0 Å². The van der Waals surface area contributed by atoms with Gasteiger partial charge < -0.3 is 5.11 Å². The molecule has 0 aliphatic heterocycles. The Hall–Kier alpha value is -1.78. The highest BCUT2D eigenvalue weighted by Gasteiger charge is 2.38. The Labute approximate surface area is 220 Å². The van der Waals surface area contributed by atoms with Gasteiger partial charge in [0, 0.05) is 6.42 Å². The third-order valence-electron chi connectivity index (χ3n) is 7.72. The minimum atomic E-state index is -1.63. The van der Waals surface area contributed by atoms with E-state index >= 15 is 0 Å². The Morgan fingerprint density at radius 2 is 1.14 bits per heavy atom. The van der Waals surface area contributed by atoms with E-state index in [2.05, 4.69) is 46.8 Å². The second-order valence-electron chi connectivity index (χ2n) is 11.2. The highest BCUT2D eigenvalue weighted by molar-refractivity contribution is 6.36. The van der Waals surface area contributed by atoms with Crippen molar-refractivity contribution < 1.29 is 24.3 Å². The Morgan fingerprint density at radius 3 is 1.61 bits per heavy atom. The summed E-state index contributed by atoms with van der Waals surface area (Å²) >= 11 is 0. The molecule has 0 radical (unpaired) electrons. The van der Waals surface area contributed by atoms with Gasteiger partial charge in [0.1, 0.15) is 11.6 Å². The maximum Gasteiger partial charge on any atom is 0.372 e. The van der Waals surface area contributed by atoms with Crippen molar-refractivity contribution in [1.82, 2.24) is 0 Å². The summed E-state index contributed by atoms with van der Waals surface area (Å²) in [6.45, 7) is 10.8. The van der Waals surface area contributed by atoms with Gasteiger partial charge in [-0.2, -0.15) is 0 Å². The number of carboxylic acids is 1. The normalized spacial score (nSPS) is 12.1. The molecule has 0 aromatic carbocycles. The van der Waals surface area contributed by atoms with E-state index in [1.807, 2.05) is 0 Å².